The van der Waals surface area contributed by atoms with Crippen LogP contribution in [0, 0.1) is 19.3 Å². The SMILES string of the molecule is Cc1cc(N2CCc3c(c(C)nn3CC34CCC(N5CCOC[C@H]5C)(CC3)CC4)C2)c2cnn(C)c2n1. The van der Waals surface area contributed by atoms with Crippen LogP contribution in [0.1, 0.15) is 68.1 Å². The van der Waals surface area contributed by atoms with Crippen LogP contribution in [0.2, 0.25) is 0 Å². The number of aromatic nitrogens is 5. The summed E-state index contributed by atoms with van der Waals surface area (Å²) in [6.45, 7) is 12.6. The lowest BCUT2D eigenvalue weighted by Crippen LogP contribution is -2.62. The number of morpholine rings is 1. The van der Waals surface area contributed by atoms with Crippen LogP contribution in [-0.2, 0) is 31.3 Å². The molecule has 0 unspecified atom stereocenters. The minimum Gasteiger partial charge on any atom is -0.379 e. The molecule has 0 amide bonds. The fourth-order valence-electron chi connectivity index (χ4n) is 8.14. The highest BCUT2D eigenvalue weighted by atomic mass is 16.5. The molecule has 8 heteroatoms. The molecular weight excluding hydrogens is 462 g/mol. The van der Waals surface area contributed by atoms with Crippen LogP contribution in [0.5, 0.6) is 0 Å². The summed E-state index contributed by atoms with van der Waals surface area (Å²) >= 11 is 0. The molecule has 3 aromatic heterocycles. The Morgan fingerprint density at radius 3 is 2.62 bits per heavy atom. The van der Waals surface area contributed by atoms with E-state index in [1.807, 2.05) is 17.9 Å². The fourth-order valence-corrected chi connectivity index (χ4v) is 8.14. The van der Waals surface area contributed by atoms with E-state index in [0.717, 1.165) is 62.5 Å². The summed E-state index contributed by atoms with van der Waals surface area (Å²) in [5.74, 6) is 0. The number of rotatable bonds is 4. The monoisotopic (exact) mass is 503 g/mol. The third-order valence-electron chi connectivity index (χ3n) is 10.3. The second kappa shape index (κ2) is 8.53. The first-order valence-electron chi connectivity index (χ1n) is 14.3. The van der Waals surface area contributed by atoms with Gasteiger partial charge in [0.25, 0.3) is 0 Å². The third-order valence-corrected chi connectivity index (χ3v) is 10.3. The van der Waals surface area contributed by atoms with E-state index < -0.39 is 0 Å². The Hall–Kier alpha value is -2.45. The first-order valence-corrected chi connectivity index (χ1v) is 14.3. The van der Waals surface area contributed by atoms with Crippen molar-refractivity contribution in [1.82, 2.24) is 29.4 Å². The van der Waals surface area contributed by atoms with Crippen molar-refractivity contribution < 1.29 is 4.74 Å². The zero-order chi connectivity index (χ0) is 25.4. The number of ether oxygens (including phenoxy) is 1. The van der Waals surface area contributed by atoms with Crippen LogP contribution in [0.25, 0.3) is 11.0 Å². The lowest BCUT2D eigenvalue weighted by atomic mass is 9.56. The van der Waals surface area contributed by atoms with E-state index in [0.29, 0.717) is 17.0 Å². The topological polar surface area (TPSA) is 64.2 Å². The highest BCUT2D eigenvalue weighted by Gasteiger charge is 2.52. The molecule has 0 aromatic carbocycles. The lowest BCUT2D eigenvalue weighted by molar-refractivity contribution is -0.119. The average Bonchev–Trinajstić information content (AvgIpc) is 3.43. The van der Waals surface area contributed by atoms with Crippen molar-refractivity contribution >= 4 is 16.7 Å². The van der Waals surface area contributed by atoms with E-state index >= 15 is 0 Å². The summed E-state index contributed by atoms with van der Waals surface area (Å²) in [4.78, 5) is 10.1. The first kappa shape index (κ1) is 23.7. The van der Waals surface area contributed by atoms with Gasteiger partial charge in [0.1, 0.15) is 0 Å². The second-order valence-electron chi connectivity index (χ2n) is 12.5. The quantitative estimate of drug-likeness (QED) is 0.533. The minimum absolute atomic E-state index is 0.421. The van der Waals surface area contributed by atoms with Crippen molar-refractivity contribution in [2.45, 2.75) is 90.4 Å². The Balaban J connectivity index is 1.11. The van der Waals surface area contributed by atoms with Gasteiger partial charge in [-0.05, 0) is 70.8 Å². The first-order chi connectivity index (χ1) is 17.9. The molecule has 5 aliphatic rings. The number of aryl methyl sites for hydroxylation is 3. The van der Waals surface area contributed by atoms with Crippen molar-refractivity contribution in [2.24, 2.45) is 12.5 Å². The number of pyridine rings is 1. The number of nitrogens with zero attached hydrogens (tertiary/aromatic N) is 7. The standard InChI is InChI=1S/C29H41N7O/c1-20-15-26(23-16-30-33(4)27(23)31-20)34-12-5-25-24(17-34)22(3)32-36(25)19-28-6-9-29(10-7-28,11-8-28)35-13-14-37-18-21(35)2/h15-16,21H,5-14,17-19H2,1-4H3/t21-,28?,29?/m1/s1. The molecule has 4 fully saturated rings. The summed E-state index contributed by atoms with van der Waals surface area (Å²) in [7, 11) is 1.97. The van der Waals surface area contributed by atoms with Gasteiger partial charge in [-0.2, -0.15) is 10.2 Å². The minimum atomic E-state index is 0.421. The van der Waals surface area contributed by atoms with Crippen molar-refractivity contribution in [1.29, 1.82) is 0 Å². The third kappa shape index (κ3) is 3.74. The van der Waals surface area contributed by atoms with Crippen molar-refractivity contribution in [3.8, 4) is 0 Å². The summed E-state index contributed by atoms with van der Waals surface area (Å²) in [6.07, 6.45) is 11.1. The molecule has 3 aromatic rings. The number of hydrogen-bond donors (Lipinski definition) is 0. The molecule has 8 nitrogen and oxygen atoms in total. The maximum Gasteiger partial charge on any atom is 0.159 e. The summed E-state index contributed by atoms with van der Waals surface area (Å²) in [5.41, 5.74) is 8.20. The molecule has 1 atom stereocenters. The summed E-state index contributed by atoms with van der Waals surface area (Å²) in [5, 5.41) is 10.8. The largest absolute Gasteiger partial charge is 0.379 e. The number of fused-ring (bicyclic) bond motifs is 5. The molecule has 0 spiro atoms. The molecule has 3 aliphatic carbocycles. The zero-order valence-electron chi connectivity index (χ0n) is 23.0. The van der Waals surface area contributed by atoms with Gasteiger partial charge in [0.2, 0.25) is 0 Å². The van der Waals surface area contributed by atoms with E-state index in [4.69, 9.17) is 14.8 Å². The van der Waals surface area contributed by atoms with Crippen molar-refractivity contribution in [3.05, 3.63) is 34.9 Å². The van der Waals surface area contributed by atoms with Gasteiger partial charge < -0.3 is 9.64 Å². The van der Waals surface area contributed by atoms with Crippen LogP contribution < -0.4 is 4.90 Å². The number of anilines is 1. The van der Waals surface area contributed by atoms with E-state index in [2.05, 4.69) is 46.4 Å². The van der Waals surface area contributed by atoms with Gasteiger partial charge in [-0.15, -0.1) is 0 Å². The van der Waals surface area contributed by atoms with E-state index in [1.165, 1.54) is 61.2 Å². The van der Waals surface area contributed by atoms with E-state index in [-0.39, 0.29) is 0 Å². The molecule has 2 aliphatic heterocycles. The van der Waals surface area contributed by atoms with Gasteiger partial charge >= 0.3 is 0 Å². The molecule has 2 bridgehead atoms. The van der Waals surface area contributed by atoms with Gasteiger partial charge in [0.05, 0.1) is 36.2 Å². The Bertz CT molecular complexity index is 1320. The van der Waals surface area contributed by atoms with E-state index in [1.54, 1.807) is 0 Å². The molecule has 0 N–H and O–H groups in total. The Morgan fingerprint density at radius 2 is 1.86 bits per heavy atom. The van der Waals surface area contributed by atoms with E-state index in [9.17, 15) is 0 Å². The highest BCUT2D eigenvalue weighted by Crippen LogP contribution is 2.56. The maximum atomic E-state index is 5.76. The van der Waals surface area contributed by atoms with Gasteiger partial charge in [-0.3, -0.25) is 14.3 Å². The second-order valence-corrected chi connectivity index (χ2v) is 12.5. The Labute approximate surface area is 220 Å². The van der Waals surface area contributed by atoms with Crippen LogP contribution in [-0.4, -0.2) is 67.3 Å². The molecule has 8 rings (SSSR count). The summed E-state index contributed by atoms with van der Waals surface area (Å²) < 4.78 is 10.1. The Morgan fingerprint density at radius 1 is 1.08 bits per heavy atom. The average molecular weight is 504 g/mol. The van der Waals surface area contributed by atoms with Crippen LogP contribution >= 0.6 is 0 Å². The smallest absolute Gasteiger partial charge is 0.159 e. The summed E-state index contributed by atoms with van der Waals surface area (Å²) in [6, 6.07) is 2.78. The highest BCUT2D eigenvalue weighted by molar-refractivity contribution is 5.89. The maximum absolute atomic E-state index is 5.76. The number of hydrogen-bond acceptors (Lipinski definition) is 6. The van der Waals surface area contributed by atoms with Crippen LogP contribution in [0.3, 0.4) is 0 Å². The van der Waals surface area contributed by atoms with Crippen molar-refractivity contribution in [3.63, 3.8) is 0 Å². The van der Waals surface area contributed by atoms with Crippen LogP contribution in [0.15, 0.2) is 12.3 Å². The lowest BCUT2D eigenvalue weighted by Gasteiger charge is -2.59. The Kier molecular flexibility index (Phi) is 5.45. The molecule has 198 valence electrons. The molecule has 0 radical (unpaired) electrons. The predicted octanol–water partition coefficient (Wildman–Crippen LogP) is 4.16. The van der Waals surface area contributed by atoms with Gasteiger partial charge in [-0.1, -0.05) is 0 Å². The van der Waals surface area contributed by atoms with Gasteiger partial charge in [0, 0.05) is 68.2 Å². The van der Waals surface area contributed by atoms with Crippen molar-refractivity contribution in [2.75, 3.05) is 31.2 Å². The molecule has 5 heterocycles. The molecule has 1 saturated heterocycles. The molecule has 3 saturated carbocycles. The normalized spacial score (nSPS) is 30.3. The molecule has 37 heavy (non-hydrogen) atoms. The molecular formula is C29H41N7O. The van der Waals surface area contributed by atoms with Crippen LogP contribution in [0.4, 0.5) is 5.69 Å². The van der Waals surface area contributed by atoms with Gasteiger partial charge in [0.15, 0.2) is 5.65 Å². The van der Waals surface area contributed by atoms with Gasteiger partial charge in [-0.25, -0.2) is 4.98 Å². The predicted molar refractivity (Wildman–Crippen MR) is 145 cm³/mol. The zero-order valence-corrected chi connectivity index (χ0v) is 23.0. The fraction of sp³-hybridized carbons (Fsp3) is 0.690.